The van der Waals surface area contributed by atoms with Gasteiger partial charge in [-0.05, 0) is 57.9 Å². The molecule has 3 heteroatoms. The molecule has 100 valence electrons. The molecule has 1 amide bonds. The molecular weight excluding hydrogens is 224 g/mol. The summed E-state index contributed by atoms with van der Waals surface area (Å²) >= 11 is 0. The Bertz CT molecular complexity index is 399. The normalized spacial score (nSPS) is 11.4. The van der Waals surface area contributed by atoms with Crippen LogP contribution < -0.4 is 10.6 Å². The summed E-state index contributed by atoms with van der Waals surface area (Å²) < 4.78 is 0. The van der Waals surface area contributed by atoms with E-state index in [4.69, 9.17) is 0 Å². The Morgan fingerprint density at radius 2 is 1.67 bits per heavy atom. The summed E-state index contributed by atoms with van der Waals surface area (Å²) in [6.07, 6.45) is 0.490. The van der Waals surface area contributed by atoms with Gasteiger partial charge in [-0.3, -0.25) is 4.79 Å². The van der Waals surface area contributed by atoms with E-state index >= 15 is 0 Å². The second-order valence-corrected chi connectivity index (χ2v) is 5.85. The second kappa shape index (κ2) is 6.01. The zero-order valence-electron chi connectivity index (χ0n) is 12.1. The molecule has 1 rings (SSSR count). The minimum atomic E-state index is 0.0525. The van der Waals surface area contributed by atoms with Gasteiger partial charge in [0.05, 0.1) is 0 Å². The largest absolute Gasteiger partial charge is 0.326 e. The number of amides is 1. The van der Waals surface area contributed by atoms with Crippen molar-refractivity contribution in [3.63, 3.8) is 0 Å². The van der Waals surface area contributed by atoms with Gasteiger partial charge in [0.1, 0.15) is 0 Å². The molecule has 3 nitrogen and oxygen atoms in total. The van der Waals surface area contributed by atoms with Gasteiger partial charge in [-0.25, -0.2) is 0 Å². The van der Waals surface area contributed by atoms with Crippen LogP contribution >= 0.6 is 0 Å². The Hall–Kier alpha value is -1.35. The zero-order valence-corrected chi connectivity index (χ0v) is 12.1. The highest BCUT2D eigenvalue weighted by atomic mass is 16.1. The maximum atomic E-state index is 11.8. The van der Waals surface area contributed by atoms with E-state index in [2.05, 4.69) is 37.5 Å². The Labute approximate surface area is 110 Å². The molecule has 18 heavy (non-hydrogen) atoms. The summed E-state index contributed by atoms with van der Waals surface area (Å²) in [6, 6.07) is 6.07. The molecule has 0 heterocycles. The minimum absolute atomic E-state index is 0.0525. The molecule has 0 saturated carbocycles. The van der Waals surface area contributed by atoms with Crippen molar-refractivity contribution in [1.29, 1.82) is 0 Å². The highest BCUT2D eigenvalue weighted by molar-refractivity contribution is 5.91. The van der Waals surface area contributed by atoms with Crippen LogP contribution in [0.15, 0.2) is 18.2 Å². The van der Waals surface area contributed by atoms with Crippen LogP contribution in [0.4, 0.5) is 5.69 Å². The average Bonchev–Trinajstić information content (AvgIpc) is 2.12. The first-order valence-electron chi connectivity index (χ1n) is 6.39. The van der Waals surface area contributed by atoms with Crippen LogP contribution in [0.2, 0.25) is 0 Å². The van der Waals surface area contributed by atoms with E-state index in [0.29, 0.717) is 13.0 Å². The number of aryl methyl sites for hydroxylation is 2. The Balaban J connectivity index is 2.45. The molecule has 0 saturated heterocycles. The van der Waals surface area contributed by atoms with E-state index < -0.39 is 0 Å². The van der Waals surface area contributed by atoms with Crippen molar-refractivity contribution in [2.75, 3.05) is 11.9 Å². The quantitative estimate of drug-likeness (QED) is 0.860. The van der Waals surface area contributed by atoms with Gasteiger partial charge in [-0.2, -0.15) is 0 Å². The maximum Gasteiger partial charge on any atom is 0.225 e. The Morgan fingerprint density at radius 3 is 2.17 bits per heavy atom. The number of rotatable bonds is 4. The third-order valence-electron chi connectivity index (χ3n) is 2.51. The fourth-order valence-electron chi connectivity index (χ4n) is 1.82. The molecule has 0 unspecified atom stereocenters. The molecule has 0 aliphatic rings. The van der Waals surface area contributed by atoms with Crippen molar-refractivity contribution in [2.24, 2.45) is 0 Å². The van der Waals surface area contributed by atoms with Gasteiger partial charge in [0.15, 0.2) is 0 Å². The fourth-order valence-corrected chi connectivity index (χ4v) is 1.82. The highest BCUT2D eigenvalue weighted by Gasteiger charge is 2.09. The van der Waals surface area contributed by atoms with Crippen LogP contribution in [-0.2, 0) is 4.79 Å². The van der Waals surface area contributed by atoms with Crippen LogP contribution in [0.1, 0.15) is 38.3 Å². The number of carbonyl (C=O) groups is 1. The maximum absolute atomic E-state index is 11.8. The molecule has 0 atom stereocenters. The third kappa shape index (κ3) is 5.82. The molecule has 1 aromatic carbocycles. The summed E-state index contributed by atoms with van der Waals surface area (Å²) in [7, 11) is 0. The topological polar surface area (TPSA) is 41.1 Å². The van der Waals surface area contributed by atoms with Crippen molar-refractivity contribution < 1.29 is 4.79 Å². The SMILES string of the molecule is Cc1cc(C)cc(NC(=O)CCNC(C)(C)C)c1. The lowest BCUT2D eigenvalue weighted by molar-refractivity contribution is -0.116. The lowest BCUT2D eigenvalue weighted by Gasteiger charge is -2.20. The molecule has 0 fully saturated rings. The third-order valence-corrected chi connectivity index (χ3v) is 2.51. The zero-order chi connectivity index (χ0) is 13.8. The summed E-state index contributed by atoms with van der Waals surface area (Å²) in [4.78, 5) is 11.8. The lowest BCUT2D eigenvalue weighted by Crippen LogP contribution is -2.37. The number of carbonyl (C=O) groups excluding carboxylic acids is 1. The summed E-state index contributed by atoms with van der Waals surface area (Å²) in [5.74, 6) is 0.0525. The van der Waals surface area contributed by atoms with E-state index in [0.717, 1.165) is 16.8 Å². The Morgan fingerprint density at radius 1 is 1.11 bits per heavy atom. The minimum Gasteiger partial charge on any atom is -0.326 e. The molecule has 0 spiro atoms. The van der Waals surface area contributed by atoms with Crippen LogP contribution in [-0.4, -0.2) is 18.0 Å². The van der Waals surface area contributed by atoms with Gasteiger partial charge in [0.25, 0.3) is 0 Å². The van der Waals surface area contributed by atoms with E-state index in [1.165, 1.54) is 0 Å². The van der Waals surface area contributed by atoms with Crippen molar-refractivity contribution in [3.8, 4) is 0 Å². The van der Waals surface area contributed by atoms with Crippen LogP contribution in [0.25, 0.3) is 0 Å². The van der Waals surface area contributed by atoms with E-state index in [1.807, 2.05) is 26.0 Å². The molecule has 0 aliphatic heterocycles. The smallest absolute Gasteiger partial charge is 0.225 e. The number of nitrogens with one attached hydrogen (secondary N) is 2. The molecule has 0 aromatic heterocycles. The van der Waals surface area contributed by atoms with Crippen LogP contribution in [0.3, 0.4) is 0 Å². The van der Waals surface area contributed by atoms with Crippen LogP contribution in [0.5, 0.6) is 0 Å². The van der Waals surface area contributed by atoms with E-state index in [1.54, 1.807) is 0 Å². The number of hydrogen-bond donors (Lipinski definition) is 2. The highest BCUT2D eigenvalue weighted by Crippen LogP contribution is 2.13. The first-order valence-corrected chi connectivity index (χ1v) is 6.39. The molecule has 0 aliphatic carbocycles. The molecule has 0 radical (unpaired) electrons. The van der Waals surface area contributed by atoms with Gasteiger partial charge in [0, 0.05) is 24.2 Å². The van der Waals surface area contributed by atoms with Gasteiger partial charge in [0.2, 0.25) is 5.91 Å². The van der Waals surface area contributed by atoms with Crippen molar-refractivity contribution >= 4 is 11.6 Å². The fraction of sp³-hybridized carbons (Fsp3) is 0.533. The summed E-state index contributed by atoms with van der Waals surface area (Å²) in [5.41, 5.74) is 3.27. The first-order chi connectivity index (χ1) is 8.26. The van der Waals surface area contributed by atoms with E-state index in [-0.39, 0.29) is 11.4 Å². The monoisotopic (exact) mass is 248 g/mol. The number of benzene rings is 1. The molecule has 1 aromatic rings. The number of hydrogen-bond acceptors (Lipinski definition) is 2. The summed E-state index contributed by atoms with van der Waals surface area (Å²) in [6.45, 7) is 11.0. The van der Waals surface area contributed by atoms with Crippen molar-refractivity contribution in [3.05, 3.63) is 29.3 Å². The lowest BCUT2D eigenvalue weighted by atomic mass is 10.1. The standard InChI is InChI=1S/C15H24N2O/c1-11-8-12(2)10-13(9-11)17-14(18)6-7-16-15(3,4)5/h8-10,16H,6-7H2,1-5H3,(H,17,18). The van der Waals surface area contributed by atoms with E-state index in [9.17, 15) is 4.79 Å². The molecule has 2 N–H and O–H groups in total. The second-order valence-electron chi connectivity index (χ2n) is 5.85. The summed E-state index contributed by atoms with van der Waals surface area (Å²) in [5, 5.41) is 6.23. The van der Waals surface area contributed by atoms with Crippen molar-refractivity contribution in [2.45, 2.75) is 46.6 Å². The Kier molecular flexibility index (Phi) is 4.91. The van der Waals surface area contributed by atoms with Gasteiger partial charge < -0.3 is 10.6 Å². The average molecular weight is 248 g/mol. The predicted octanol–water partition coefficient (Wildman–Crippen LogP) is 3.02. The van der Waals surface area contributed by atoms with Gasteiger partial charge in [-0.15, -0.1) is 0 Å². The first kappa shape index (κ1) is 14.7. The molecular formula is C15H24N2O. The van der Waals surface area contributed by atoms with Crippen LogP contribution in [0, 0.1) is 13.8 Å². The predicted molar refractivity (Wildman–Crippen MR) is 76.9 cm³/mol. The number of anilines is 1. The van der Waals surface area contributed by atoms with Gasteiger partial charge in [-0.1, -0.05) is 6.07 Å². The van der Waals surface area contributed by atoms with Gasteiger partial charge >= 0.3 is 0 Å². The molecule has 0 bridgehead atoms. The van der Waals surface area contributed by atoms with Crippen molar-refractivity contribution in [1.82, 2.24) is 5.32 Å².